The lowest BCUT2D eigenvalue weighted by atomic mass is 9.77. The molecule has 1 saturated carbocycles. The number of nitrogens with zero attached hydrogens (tertiary/aromatic N) is 1. The van der Waals surface area contributed by atoms with Crippen LogP contribution in [0.2, 0.25) is 0 Å². The fourth-order valence-electron chi connectivity index (χ4n) is 2.53. The molecule has 0 radical (unpaired) electrons. The normalized spacial score (nSPS) is 14.7. The van der Waals surface area contributed by atoms with Crippen LogP contribution in [0.1, 0.15) is 24.2 Å². The lowest BCUT2D eigenvalue weighted by Crippen LogP contribution is -2.36. The van der Waals surface area contributed by atoms with Crippen LogP contribution >= 0.6 is 0 Å². The highest BCUT2D eigenvalue weighted by molar-refractivity contribution is 6.59. The summed E-state index contributed by atoms with van der Waals surface area (Å²) >= 11 is 0. The second-order valence-corrected chi connectivity index (χ2v) is 5.43. The van der Waals surface area contributed by atoms with Crippen molar-refractivity contribution in [2.45, 2.75) is 32.0 Å². The Bertz CT molecular complexity index is 599. The highest BCUT2D eigenvalue weighted by Crippen LogP contribution is 2.29. The summed E-state index contributed by atoms with van der Waals surface area (Å²) < 4.78 is 18.6. The van der Waals surface area contributed by atoms with Crippen molar-refractivity contribution in [3.8, 4) is 0 Å². The minimum Gasteiger partial charge on any atom is -0.468 e. The van der Waals surface area contributed by atoms with Crippen molar-refractivity contribution in [3.63, 3.8) is 0 Å². The van der Waals surface area contributed by atoms with E-state index < -0.39 is 12.9 Å². The number of benzene rings is 1. The first kappa shape index (κ1) is 14.3. The van der Waals surface area contributed by atoms with E-state index in [0.717, 1.165) is 24.2 Å². The van der Waals surface area contributed by atoms with E-state index in [1.54, 1.807) is 12.3 Å². The van der Waals surface area contributed by atoms with Gasteiger partial charge in [-0.1, -0.05) is 6.07 Å². The molecule has 0 amide bonds. The summed E-state index contributed by atoms with van der Waals surface area (Å²) in [7, 11) is -1.67. The zero-order valence-corrected chi connectivity index (χ0v) is 11.6. The van der Waals surface area contributed by atoms with E-state index in [4.69, 9.17) is 4.42 Å². The van der Waals surface area contributed by atoms with Crippen LogP contribution in [0, 0.1) is 5.82 Å². The van der Waals surface area contributed by atoms with Crippen LogP contribution in [0.3, 0.4) is 0 Å². The summed E-state index contributed by atoms with van der Waals surface area (Å²) in [5, 5.41) is 18.8. The van der Waals surface area contributed by atoms with Gasteiger partial charge in [-0.05, 0) is 48.1 Å². The van der Waals surface area contributed by atoms with E-state index in [2.05, 4.69) is 4.90 Å². The zero-order chi connectivity index (χ0) is 14.8. The number of rotatable bonds is 6. The number of furan rings is 1. The van der Waals surface area contributed by atoms with E-state index >= 15 is 0 Å². The molecule has 2 N–H and O–H groups in total. The monoisotopic (exact) mass is 289 g/mol. The van der Waals surface area contributed by atoms with E-state index in [-0.39, 0.29) is 5.46 Å². The van der Waals surface area contributed by atoms with Gasteiger partial charge >= 0.3 is 7.12 Å². The van der Waals surface area contributed by atoms with Crippen LogP contribution in [-0.2, 0) is 13.1 Å². The molecule has 1 aromatic heterocycles. The third kappa shape index (κ3) is 3.53. The smallest absolute Gasteiger partial charge is 0.468 e. The Morgan fingerprint density at radius 3 is 2.67 bits per heavy atom. The van der Waals surface area contributed by atoms with Gasteiger partial charge in [0.2, 0.25) is 0 Å². The molecule has 4 nitrogen and oxygen atoms in total. The molecule has 0 atom stereocenters. The summed E-state index contributed by atoms with van der Waals surface area (Å²) in [6, 6.07) is 8.38. The fourth-order valence-corrected chi connectivity index (χ4v) is 2.53. The maximum Gasteiger partial charge on any atom is 0.488 e. The van der Waals surface area contributed by atoms with Crippen molar-refractivity contribution in [1.29, 1.82) is 0 Å². The zero-order valence-electron chi connectivity index (χ0n) is 11.6. The first-order valence-corrected chi connectivity index (χ1v) is 7.04. The molecule has 110 valence electrons. The summed E-state index contributed by atoms with van der Waals surface area (Å²) in [5.41, 5.74) is 0.949. The predicted molar refractivity (Wildman–Crippen MR) is 77.2 cm³/mol. The second kappa shape index (κ2) is 6.01. The molecule has 1 aromatic carbocycles. The molecule has 2 aromatic rings. The van der Waals surface area contributed by atoms with Crippen molar-refractivity contribution in [1.82, 2.24) is 4.90 Å². The minimum absolute atomic E-state index is 0.222. The molecule has 1 heterocycles. The molecule has 3 rings (SSSR count). The predicted octanol–water partition coefficient (Wildman–Crippen LogP) is 1.26. The van der Waals surface area contributed by atoms with Crippen LogP contribution in [0.4, 0.5) is 4.39 Å². The van der Waals surface area contributed by atoms with Crippen LogP contribution < -0.4 is 5.46 Å². The van der Waals surface area contributed by atoms with Gasteiger partial charge in [0.05, 0.1) is 12.8 Å². The summed E-state index contributed by atoms with van der Waals surface area (Å²) in [4.78, 5) is 2.22. The second-order valence-electron chi connectivity index (χ2n) is 5.43. The average molecular weight is 289 g/mol. The molecule has 21 heavy (non-hydrogen) atoms. The molecule has 1 aliphatic rings. The maximum atomic E-state index is 13.3. The highest BCUT2D eigenvalue weighted by atomic mass is 19.1. The molecule has 6 heteroatoms. The van der Waals surface area contributed by atoms with Gasteiger partial charge in [0.15, 0.2) is 0 Å². The molecule has 0 saturated heterocycles. The van der Waals surface area contributed by atoms with Crippen LogP contribution in [0.25, 0.3) is 0 Å². The summed E-state index contributed by atoms with van der Waals surface area (Å²) in [5.74, 6) is 0.404. The lowest BCUT2D eigenvalue weighted by molar-refractivity contribution is 0.225. The fraction of sp³-hybridized carbons (Fsp3) is 0.333. The Hall–Kier alpha value is -1.63. The van der Waals surface area contributed by atoms with Crippen LogP contribution in [0.15, 0.2) is 41.0 Å². The molecule has 0 unspecified atom stereocenters. The topological polar surface area (TPSA) is 56.8 Å². The Balaban J connectivity index is 1.79. The van der Waals surface area contributed by atoms with Gasteiger partial charge in [-0.15, -0.1) is 0 Å². The van der Waals surface area contributed by atoms with Gasteiger partial charge in [-0.3, -0.25) is 4.90 Å². The summed E-state index contributed by atoms with van der Waals surface area (Å²) in [6.07, 6.45) is 3.89. The number of hydrogen-bond donors (Lipinski definition) is 2. The average Bonchev–Trinajstić information content (AvgIpc) is 3.18. The van der Waals surface area contributed by atoms with Crippen molar-refractivity contribution in [3.05, 3.63) is 53.7 Å². The Kier molecular flexibility index (Phi) is 4.10. The van der Waals surface area contributed by atoms with Crippen molar-refractivity contribution in [2.24, 2.45) is 0 Å². The molecule has 1 fully saturated rings. The van der Waals surface area contributed by atoms with Gasteiger partial charge in [-0.2, -0.15) is 0 Å². The Labute approximate surface area is 123 Å². The maximum absolute atomic E-state index is 13.3. The Morgan fingerprint density at radius 1 is 1.24 bits per heavy atom. The van der Waals surface area contributed by atoms with Crippen molar-refractivity contribution in [2.75, 3.05) is 0 Å². The van der Waals surface area contributed by atoms with E-state index in [1.807, 2.05) is 12.1 Å². The molecule has 0 spiro atoms. The van der Waals surface area contributed by atoms with Gasteiger partial charge in [-0.25, -0.2) is 4.39 Å². The van der Waals surface area contributed by atoms with Crippen LogP contribution in [0.5, 0.6) is 0 Å². The standard InChI is InChI=1S/C15H17BFNO3/c17-12-4-3-11(15(8-12)16(19)20)9-18(13-5-6-13)10-14-2-1-7-21-14/h1-4,7-8,13,19-20H,5-6,9-10H2. The van der Waals surface area contributed by atoms with Crippen LogP contribution in [-0.4, -0.2) is 28.1 Å². The third-order valence-corrected chi connectivity index (χ3v) is 3.76. The molecular weight excluding hydrogens is 272 g/mol. The third-order valence-electron chi connectivity index (χ3n) is 3.76. The molecular formula is C15H17BFNO3. The molecule has 0 aliphatic heterocycles. The largest absolute Gasteiger partial charge is 0.488 e. The van der Waals surface area contributed by atoms with E-state index in [1.165, 1.54) is 12.1 Å². The molecule has 0 bridgehead atoms. The van der Waals surface area contributed by atoms with Crippen molar-refractivity contribution >= 4 is 12.6 Å². The highest BCUT2D eigenvalue weighted by Gasteiger charge is 2.30. The van der Waals surface area contributed by atoms with Crippen molar-refractivity contribution < 1.29 is 18.9 Å². The minimum atomic E-state index is -1.67. The number of halogens is 1. The van der Waals surface area contributed by atoms with Gasteiger partial charge in [0, 0.05) is 12.6 Å². The summed E-state index contributed by atoms with van der Waals surface area (Å²) in [6.45, 7) is 1.20. The number of hydrogen-bond acceptors (Lipinski definition) is 4. The SMILES string of the molecule is OB(O)c1cc(F)ccc1CN(Cc1ccco1)C1CC1. The van der Waals surface area contributed by atoms with Gasteiger partial charge < -0.3 is 14.5 Å². The van der Waals surface area contributed by atoms with E-state index in [9.17, 15) is 14.4 Å². The van der Waals surface area contributed by atoms with Gasteiger partial charge in [0.1, 0.15) is 11.6 Å². The quantitative estimate of drug-likeness (QED) is 0.786. The Morgan fingerprint density at radius 2 is 2.05 bits per heavy atom. The van der Waals surface area contributed by atoms with Gasteiger partial charge in [0.25, 0.3) is 0 Å². The van der Waals surface area contributed by atoms with E-state index in [0.29, 0.717) is 19.1 Å². The lowest BCUT2D eigenvalue weighted by Gasteiger charge is -2.22. The molecule has 1 aliphatic carbocycles. The first-order chi connectivity index (χ1) is 10.1. The first-order valence-electron chi connectivity index (χ1n) is 7.04.